The quantitative estimate of drug-likeness (QED) is 0.371. The Balaban J connectivity index is 1.77. The Morgan fingerprint density at radius 3 is 2.44 bits per heavy atom. The molecule has 1 atom stereocenters. The normalized spacial score (nSPS) is 12.1. The van der Waals surface area contributed by atoms with Crippen LogP contribution in [0.5, 0.6) is 11.5 Å². The SMILES string of the molecule is Cc1ccc(C)c(OCCCC(C)(C)C(=O)NNC(=O)C(C)Oc2ccc(Cl)cc2Cl)c1. The zero-order valence-corrected chi connectivity index (χ0v) is 20.6. The number of amides is 2. The molecule has 2 aromatic carbocycles. The number of hydrogen-bond donors (Lipinski definition) is 2. The molecule has 0 saturated carbocycles. The largest absolute Gasteiger partial charge is 0.493 e. The fraction of sp³-hybridized carbons (Fsp3) is 0.417. The molecule has 2 aromatic rings. The molecule has 8 heteroatoms. The Kier molecular flexibility index (Phi) is 9.22. The zero-order valence-electron chi connectivity index (χ0n) is 19.1. The molecule has 0 fully saturated rings. The van der Waals surface area contributed by atoms with E-state index in [1.165, 1.54) is 6.07 Å². The second kappa shape index (κ2) is 11.4. The van der Waals surface area contributed by atoms with Gasteiger partial charge in [-0.25, -0.2) is 0 Å². The van der Waals surface area contributed by atoms with Gasteiger partial charge in [0.15, 0.2) is 6.10 Å². The molecule has 0 heterocycles. The smallest absolute Gasteiger partial charge is 0.279 e. The Labute approximate surface area is 199 Å². The monoisotopic (exact) mass is 480 g/mol. The Hall–Kier alpha value is -2.44. The van der Waals surface area contributed by atoms with Crippen molar-refractivity contribution >= 4 is 35.0 Å². The highest BCUT2D eigenvalue weighted by atomic mass is 35.5. The predicted octanol–water partition coefficient (Wildman–Crippen LogP) is 5.41. The van der Waals surface area contributed by atoms with Crippen LogP contribution in [-0.2, 0) is 9.59 Å². The van der Waals surface area contributed by atoms with Crippen LogP contribution >= 0.6 is 23.2 Å². The van der Waals surface area contributed by atoms with Crippen molar-refractivity contribution in [2.45, 2.75) is 53.6 Å². The maximum Gasteiger partial charge on any atom is 0.279 e. The van der Waals surface area contributed by atoms with Gasteiger partial charge in [-0.05, 0) is 69.0 Å². The third-order valence-electron chi connectivity index (χ3n) is 5.03. The molecule has 0 bridgehead atoms. The summed E-state index contributed by atoms with van der Waals surface area (Å²) in [7, 11) is 0. The van der Waals surface area contributed by atoms with Gasteiger partial charge in [0.2, 0.25) is 5.91 Å². The van der Waals surface area contributed by atoms with Gasteiger partial charge in [-0.2, -0.15) is 0 Å². The van der Waals surface area contributed by atoms with E-state index in [9.17, 15) is 9.59 Å². The number of hydrazine groups is 1. The standard InChI is InChI=1S/C24H30Cl2N2O4/c1-15-7-8-16(2)21(13-15)31-12-6-11-24(4,5)23(30)28-27-22(29)17(3)32-20-10-9-18(25)14-19(20)26/h7-10,13-14,17H,6,11-12H2,1-5H3,(H,27,29)(H,28,30). The number of benzene rings is 2. The number of hydrogen-bond acceptors (Lipinski definition) is 4. The van der Waals surface area contributed by atoms with Gasteiger partial charge in [0, 0.05) is 10.4 Å². The Morgan fingerprint density at radius 1 is 1.03 bits per heavy atom. The second-order valence-corrected chi connectivity index (χ2v) is 9.23. The number of aryl methyl sites for hydroxylation is 2. The third-order valence-corrected chi connectivity index (χ3v) is 5.56. The number of rotatable bonds is 9. The van der Waals surface area contributed by atoms with E-state index in [2.05, 4.69) is 10.9 Å². The average molecular weight is 481 g/mol. The highest BCUT2D eigenvalue weighted by molar-refractivity contribution is 6.35. The van der Waals surface area contributed by atoms with Gasteiger partial charge in [-0.1, -0.05) is 49.2 Å². The minimum atomic E-state index is -0.872. The summed E-state index contributed by atoms with van der Waals surface area (Å²) in [6.45, 7) is 9.71. The number of carbonyl (C=O) groups excluding carboxylic acids is 2. The number of ether oxygens (including phenoxy) is 2. The number of halogens is 2. The molecule has 32 heavy (non-hydrogen) atoms. The summed E-state index contributed by atoms with van der Waals surface area (Å²) >= 11 is 11.9. The van der Waals surface area contributed by atoms with Crippen LogP contribution in [0.1, 0.15) is 44.7 Å². The van der Waals surface area contributed by atoms with E-state index < -0.39 is 17.4 Å². The lowest BCUT2D eigenvalue weighted by atomic mass is 9.87. The third kappa shape index (κ3) is 7.61. The van der Waals surface area contributed by atoms with E-state index >= 15 is 0 Å². The van der Waals surface area contributed by atoms with Crippen LogP contribution in [0.4, 0.5) is 0 Å². The van der Waals surface area contributed by atoms with Crippen LogP contribution in [0.25, 0.3) is 0 Å². The van der Waals surface area contributed by atoms with Gasteiger partial charge >= 0.3 is 0 Å². The zero-order chi connectivity index (χ0) is 23.9. The molecule has 6 nitrogen and oxygen atoms in total. The topological polar surface area (TPSA) is 76.7 Å². The molecular weight excluding hydrogens is 451 g/mol. The average Bonchev–Trinajstić information content (AvgIpc) is 2.73. The maximum atomic E-state index is 12.6. The van der Waals surface area contributed by atoms with Gasteiger partial charge in [0.1, 0.15) is 11.5 Å². The summed E-state index contributed by atoms with van der Waals surface area (Å²) in [5, 5.41) is 0.763. The van der Waals surface area contributed by atoms with E-state index in [-0.39, 0.29) is 5.91 Å². The van der Waals surface area contributed by atoms with Gasteiger partial charge in [-0.3, -0.25) is 20.4 Å². The van der Waals surface area contributed by atoms with Crippen LogP contribution in [0.3, 0.4) is 0 Å². The van der Waals surface area contributed by atoms with Gasteiger partial charge in [0.05, 0.1) is 11.6 Å². The van der Waals surface area contributed by atoms with Crippen LogP contribution in [0.15, 0.2) is 36.4 Å². The molecule has 1 unspecified atom stereocenters. The van der Waals surface area contributed by atoms with E-state index in [4.69, 9.17) is 32.7 Å². The van der Waals surface area contributed by atoms with Crippen LogP contribution in [-0.4, -0.2) is 24.5 Å². The van der Waals surface area contributed by atoms with Gasteiger partial charge < -0.3 is 9.47 Å². The van der Waals surface area contributed by atoms with Crippen molar-refractivity contribution in [3.8, 4) is 11.5 Å². The lowest BCUT2D eigenvalue weighted by molar-refractivity contribution is -0.136. The van der Waals surface area contributed by atoms with Crippen molar-refractivity contribution in [1.82, 2.24) is 10.9 Å². The first-order chi connectivity index (χ1) is 15.0. The summed E-state index contributed by atoms with van der Waals surface area (Å²) in [6, 6.07) is 10.8. The molecule has 174 valence electrons. The van der Waals surface area contributed by atoms with Crippen LogP contribution in [0.2, 0.25) is 10.0 Å². The number of nitrogens with one attached hydrogen (secondary N) is 2. The van der Waals surface area contributed by atoms with Gasteiger partial charge in [0.25, 0.3) is 5.91 Å². The summed E-state index contributed by atoms with van der Waals surface area (Å²) in [6.07, 6.45) is 0.408. The van der Waals surface area contributed by atoms with Crippen molar-refractivity contribution in [2.75, 3.05) is 6.61 Å². The molecule has 2 N–H and O–H groups in total. The molecule has 2 amide bonds. The highest BCUT2D eigenvalue weighted by Crippen LogP contribution is 2.28. The lowest BCUT2D eigenvalue weighted by Gasteiger charge is -2.24. The van der Waals surface area contributed by atoms with Crippen molar-refractivity contribution in [2.24, 2.45) is 5.41 Å². The Bertz CT molecular complexity index is 963. The summed E-state index contributed by atoms with van der Waals surface area (Å²) in [5.41, 5.74) is 6.40. The predicted molar refractivity (Wildman–Crippen MR) is 127 cm³/mol. The molecule has 0 aromatic heterocycles. The molecule has 0 radical (unpaired) electrons. The molecule has 0 aliphatic heterocycles. The highest BCUT2D eigenvalue weighted by Gasteiger charge is 2.28. The van der Waals surface area contributed by atoms with Crippen molar-refractivity contribution in [3.05, 3.63) is 57.6 Å². The fourth-order valence-corrected chi connectivity index (χ4v) is 3.33. The first-order valence-electron chi connectivity index (χ1n) is 10.4. The van der Waals surface area contributed by atoms with E-state index in [0.29, 0.717) is 35.2 Å². The first-order valence-corrected chi connectivity index (χ1v) is 11.2. The minimum absolute atomic E-state index is 0.297. The van der Waals surface area contributed by atoms with Crippen molar-refractivity contribution < 1.29 is 19.1 Å². The van der Waals surface area contributed by atoms with E-state index in [1.807, 2.05) is 45.9 Å². The fourth-order valence-electron chi connectivity index (χ4n) is 2.88. The van der Waals surface area contributed by atoms with Crippen LogP contribution < -0.4 is 20.3 Å². The first kappa shape index (κ1) is 25.8. The summed E-state index contributed by atoms with van der Waals surface area (Å²) < 4.78 is 11.4. The minimum Gasteiger partial charge on any atom is -0.493 e. The maximum absolute atomic E-state index is 12.6. The lowest BCUT2D eigenvalue weighted by Crippen LogP contribution is -2.51. The molecule has 2 rings (SSSR count). The molecule has 0 saturated heterocycles. The molecule has 0 aliphatic carbocycles. The van der Waals surface area contributed by atoms with Gasteiger partial charge in [-0.15, -0.1) is 0 Å². The molecule has 0 spiro atoms. The van der Waals surface area contributed by atoms with Crippen LogP contribution in [0, 0.1) is 19.3 Å². The van der Waals surface area contributed by atoms with Crippen molar-refractivity contribution in [3.63, 3.8) is 0 Å². The summed E-state index contributed by atoms with van der Waals surface area (Å²) in [5.74, 6) is 0.385. The van der Waals surface area contributed by atoms with E-state index in [0.717, 1.165) is 16.9 Å². The molecular formula is C24H30Cl2N2O4. The number of carbonyl (C=O) groups is 2. The molecule has 0 aliphatic rings. The summed E-state index contributed by atoms with van der Waals surface area (Å²) in [4.78, 5) is 24.9. The van der Waals surface area contributed by atoms with E-state index in [1.54, 1.807) is 19.1 Å². The van der Waals surface area contributed by atoms with Crippen molar-refractivity contribution in [1.29, 1.82) is 0 Å². The Morgan fingerprint density at radius 2 is 1.75 bits per heavy atom. The second-order valence-electron chi connectivity index (χ2n) is 8.38.